The smallest absolute Gasteiger partial charge is 0.231 e. The number of likely N-dealkylation sites (tertiary alicyclic amines) is 1. The number of hydrogen-bond acceptors (Lipinski definition) is 6. The normalized spacial score (nSPS) is 21.5. The van der Waals surface area contributed by atoms with Gasteiger partial charge in [-0.3, -0.25) is 4.90 Å². The molecular formula is C25H29N3O4. The molecule has 2 saturated heterocycles. The summed E-state index contributed by atoms with van der Waals surface area (Å²) in [5.41, 5.74) is 3.50. The van der Waals surface area contributed by atoms with E-state index in [4.69, 9.17) is 23.9 Å². The van der Waals surface area contributed by atoms with Crippen LogP contribution in [0.4, 0.5) is 0 Å². The number of methoxy groups -OCH3 is 1. The van der Waals surface area contributed by atoms with Crippen LogP contribution in [0.2, 0.25) is 0 Å². The molecule has 0 spiro atoms. The van der Waals surface area contributed by atoms with Gasteiger partial charge in [0, 0.05) is 32.3 Å². The molecule has 2 fully saturated rings. The Kier molecular flexibility index (Phi) is 5.15. The van der Waals surface area contributed by atoms with Gasteiger partial charge in [0.25, 0.3) is 0 Å². The van der Waals surface area contributed by atoms with E-state index >= 15 is 0 Å². The highest BCUT2D eigenvalue weighted by molar-refractivity contribution is 5.76. The van der Waals surface area contributed by atoms with Gasteiger partial charge in [0.05, 0.1) is 18.1 Å². The summed E-state index contributed by atoms with van der Waals surface area (Å²) in [6.07, 6.45) is 4.50. The maximum absolute atomic E-state index is 6.03. The summed E-state index contributed by atoms with van der Waals surface area (Å²) in [4.78, 5) is 7.51. The van der Waals surface area contributed by atoms with Gasteiger partial charge in [0.15, 0.2) is 11.5 Å². The lowest BCUT2D eigenvalue weighted by atomic mass is 10.0. The molecule has 7 heteroatoms. The highest BCUT2D eigenvalue weighted by Crippen LogP contribution is 2.42. The van der Waals surface area contributed by atoms with Gasteiger partial charge >= 0.3 is 0 Å². The zero-order chi connectivity index (χ0) is 21.5. The van der Waals surface area contributed by atoms with Crippen molar-refractivity contribution >= 4 is 11.0 Å². The number of hydrogen-bond donors (Lipinski definition) is 0. The fourth-order valence-electron chi connectivity index (χ4n) is 5.32. The molecule has 0 aliphatic carbocycles. The Hall–Kier alpha value is -2.77. The number of para-hydroxylation sites is 2. The fraction of sp³-hybridized carbons (Fsp3) is 0.480. The molecule has 1 aromatic heterocycles. The summed E-state index contributed by atoms with van der Waals surface area (Å²) in [6.45, 7) is 4.05. The second-order valence-corrected chi connectivity index (χ2v) is 8.87. The lowest BCUT2D eigenvalue weighted by Crippen LogP contribution is -2.34. The molecule has 32 heavy (non-hydrogen) atoms. The van der Waals surface area contributed by atoms with Crippen molar-refractivity contribution in [2.24, 2.45) is 0 Å². The van der Waals surface area contributed by atoms with Crippen molar-refractivity contribution in [1.29, 1.82) is 0 Å². The molecule has 0 amide bonds. The SMILES string of the molecule is COc1cc(CN2CCC(n3c([C@H]4CCCO4)nc4ccccc43)CC2)cc2c1OCO2. The van der Waals surface area contributed by atoms with E-state index in [1.165, 1.54) is 11.1 Å². The standard InChI is InChI=1S/C25H29N3O4/c1-29-22-13-17(14-23-24(22)32-16-31-23)15-27-10-8-18(9-11-27)28-20-6-3-2-5-19(20)26-25(28)21-7-4-12-30-21/h2-3,5-6,13-14,18,21H,4,7-12,15-16H2,1H3/t21-/m1/s1. The van der Waals surface area contributed by atoms with Crippen LogP contribution in [0.15, 0.2) is 36.4 Å². The number of nitrogens with zero attached hydrogens (tertiary/aromatic N) is 3. The second kappa shape index (κ2) is 8.30. The van der Waals surface area contributed by atoms with Gasteiger partial charge in [-0.1, -0.05) is 12.1 Å². The average molecular weight is 436 g/mol. The Bertz CT molecular complexity index is 1110. The van der Waals surface area contributed by atoms with Crippen LogP contribution in [-0.4, -0.2) is 48.1 Å². The van der Waals surface area contributed by atoms with E-state index in [2.05, 4.69) is 45.9 Å². The molecule has 3 aliphatic rings. The molecule has 0 N–H and O–H groups in total. The molecule has 7 nitrogen and oxygen atoms in total. The molecule has 4 heterocycles. The van der Waals surface area contributed by atoms with Gasteiger partial charge in [-0.2, -0.15) is 0 Å². The first kappa shape index (κ1) is 19.9. The summed E-state index contributed by atoms with van der Waals surface area (Å²) < 4.78 is 25.1. The molecular weight excluding hydrogens is 406 g/mol. The van der Waals surface area contributed by atoms with Gasteiger partial charge < -0.3 is 23.5 Å². The van der Waals surface area contributed by atoms with Crippen molar-refractivity contribution in [2.75, 3.05) is 33.6 Å². The summed E-state index contributed by atoms with van der Waals surface area (Å²) in [6, 6.07) is 13.1. The third-order valence-corrected chi connectivity index (χ3v) is 6.89. The van der Waals surface area contributed by atoms with Crippen molar-refractivity contribution in [3.63, 3.8) is 0 Å². The number of rotatable bonds is 5. The van der Waals surface area contributed by atoms with E-state index in [9.17, 15) is 0 Å². The number of ether oxygens (including phenoxy) is 4. The van der Waals surface area contributed by atoms with Gasteiger partial charge in [-0.25, -0.2) is 4.98 Å². The van der Waals surface area contributed by atoms with Gasteiger partial charge in [-0.05, 0) is 55.5 Å². The minimum absolute atomic E-state index is 0.126. The average Bonchev–Trinajstić information content (AvgIpc) is 3.58. The van der Waals surface area contributed by atoms with E-state index in [1.807, 2.05) is 0 Å². The first-order chi connectivity index (χ1) is 15.8. The monoisotopic (exact) mass is 435 g/mol. The van der Waals surface area contributed by atoms with E-state index in [1.54, 1.807) is 7.11 Å². The zero-order valence-electron chi connectivity index (χ0n) is 18.5. The predicted octanol–water partition coefficient (Wildman–Crippen LogP) is 4.46. The molecule has 0 radical (unpaired) electrons. The van der Waals surface area contributed by atoms with Crippen LogP contribution in [0.3, 0.4) is 0 Å². The Labute approximate surface area is 187 Å². The largest absolute Gasteiger partial charge is 0.493 e. The summed E-state index contributed by atoms with van der Waals surface area (Å²) in [5.74, 6) is 3.35. The summed E-state index contributed by atoms with van der Waals surface area (Å²) in [5, 5.41) is 0. The van der Waals surface area contributed by atoms with Gasteiger partial charge in [0.2, 0.25) is 12.5 Å². The van der Waals surface area contributed by atoms with Crippen LogP contribution in [0, 0.1) is 0 Å². The van der Waals surface area contributed by atoms with Gasteiger partial charge in [-0.15, -0.1) is 0 Å². The molecule has 0 bridgehead atoms. The maximum Gasteiger partial charge on any atom is 0.231 e. The lowest BCUT2D eigenvalue weighted by Gasteiger charge is -2.34. The van der Waals surface area contributed by atoms with Crippen molar-refractivity contribution in [3.05, 3.63) is 47.8 Å². The number of fused-ring (bicyclic) bond motifs is 2. The number of aromatic nitrogens is 2. The van der Waals surface area contributed by atoms with Crippen LogP contribution in [0.1, 0.15) is 49.2 Å². The molecule has 168 valence electrons. The minimum atomic E-state index is 0.126. The highest BCUT2D eigenvalue weighted by Gasteiger charge is 2.30. The van der Waals surface area contributed by atoms with Crippen LogP contribution >= 0.6 is 0 Å². The molecule has 0 unspecified atom stereocenters. The van der Waals surface area contributed by atoms with Crippen molar-refractivity contribution in [1.82, 2.24) is 14.5 Å². The first-order valence-electron chi connectivity index (χ1n) is 11.6. The highest BCUT2D eigenvalue weighted by atomic mass is 16.7. The number of imidazole rings is 1. The van der Waals surface area contributed by atoms with E-state index in [-0.39, 0.29) is 12.9 Å². The molecule has 3 aromatic rings. The van der Waals surface area contributed by atoms with Crippen molar-refractivity contribution in [3.8, 4) is 17.2 Å². The van der Waals surface area contributed by atoms with E-state index < -0.39 is 0 Å². The third-order valence-electron chi connectivity index (χ3n) is 6.89. The molecule has 2 aromatic carbocycles. The molecule has 6 rings (SSSR count). The third kappa shape index (κ3) is 3.49. The van der Waals surface area contributed by atoms with Crippen LogP contribution < -0.4 is 14.2 Å². The predicted molar refractivity (Wildman–Crippen MR) is 120 cm³/mol. The lowest BCUT2D eigenvalue weighted by molar-refractivity contribution is 0.0971. The fourth-order valence-corrected chi connectivity index (χ4v) is 5.32. The topological polar surface area (TPSA) is 58.0 Å². The van der Waals surface area contributed by atoms with Crippen LogP contribution in [0.5, 0.6) is 17.2 Å². The maximum atomic E-state index is 6.03. The summed E-state index contributed by atoms with van der Waals surface area (Å²) >= 11 is 0. The van der Waals surface area contributed by atoms with E-state index in [0.29, 0.717) is 11.8 Å². The Morgan fingerprint density at radius 2 is 1.97 bits per heavy atom. The van der Waals surface area contributed by atoms with Crippen molar-refractivity contribution in [2.45, 2.75) is 44.4 Å². The van der Waals surface area contributed by atoms with Crippen LogP contribution in [0.25, 0.3) is 11.0 Å². The molecule has 0 saturated carbocycles. The number of benzene rings is 2. The Morgan fingerprint density at radius 1 is 1.09 bits per heavy atom. The van der Waals surface area contributed by atoms with Crippen LogP contribution in [-0.2, 0) is 11.3 Å². The molecule has 1 atom stereocenters. The second-order valence-electron chi connectivity index (χ2n) is 8.87. The Morgan fingerprint density at radius 3 is 2.78 bits per heavy atom. The number of piperidine rings is 1. The summed E-state index contributed by atoms with van der Waals surface area (Å²) in [7, 11) is 1.67. The minimum Gasteiger partial charge on any atom is -0.493 e. The quantitative estimate of drug-likeness (QED) is 0.590. The van der Waals surface area contributed by atoms with Crippen molar-refractivity contribution < 1.29 is 18.9 Å². The van der Waals surface area contributed by atoms with E-state index in [0.717, 1.165) is 74.8 Å². The van der Waals surface area contributed by atoms with Gasteiger partial charge in [0.1, 0.15) is 11.9 Å². The molecule has 3 aliphatic heterocycles. The zero-order valence-corrected chi connectivity index (χ0v) is 18.5. The Balaban J connectivity index is 1.20. The first-order valence-corrected chi connectivity index (χ1v) is 11.6.